The van der Waals surface area contributed by atoms with Crippen LogP contribution in [0.25, 0.3) is 0 Å². The molecule has 1 aromatic rings. The molecule has 100 valence electrons. The second-order valence-corrected chi connectivity index (χ2v) is 4.56. The largest absolute Gasteiger partial charge is 0.394 e. The second kappa shape index (κ2) is 4.32. The number of anilines is 1. The highest BCUT2D eigenvalue weighted by molar-refractivity contribution is 5.24. The van der Waals surface area contributed by atoms with Gasteiger partial charge in [-0.15, -0.1) is 0 Å². The molecule has 1 unspecified atom stereocenters. The molecule has 2 rings (SSSR count). The van der Waals surface area contributed by atoms with Crippen LogP contribution >= 0.6 is 0 Å². The third-order valence-electron chi connectivity index (χ3n) is 3.11. The van der Waals surface area contributed by atoms with Gasteiger partial charge in [-0.3, -0.25) is 4.57 Å². The molecule has 8 nitrogen and oxygen atoms in total. The van der Waals surface area contributed by atoms with E-state index in [9.17, 15) is 9.90 Å². The van der Waals surface area contributed by atoms with Gasteiger partial charge >= 0.3 is 5.69 Å². The Morgan fingerprint density at radius 1 is 1.67 bits per heavy atom. The Labute approximate surface area is 103 Å². The summed E-state index contributed by atoms with van der Waals surface area (Å²) in [5.74, 6) is 0.0900. The van der Waals surface area contributed by atoms with Crippen molar-refractivity contribution in [3.8, 4) is 0 Å². The number of nitrogen functional groups attached to an aromatic ring is 1. The number of nitrogens with zero attached hydrogens (tertiary/aromatic N) is 2. The summed E-state index contributed by atoms with van der Waals surface area (Å²) in [7, 11) is 0. The summed E-state index contributed by atoms with van der Waals surface area (Å²) in [6.45, 7) is 1.16. The highest BCUT2D eigenvalue weighted by Crippen LogP contribution is 2.35. The molecule has 2 heterocycles. The topological polar surface area (TPSA) is 137 Å². The predicted octanol–water partition coefficient (Wildman–Crippen LogP) is -2.21. The van der Waals surface area contributed by atoms with Crippen LogP contribution in [0.1, 0.15) is 13.2 Å². The predicted molar refractivity (Wildman–Crippen MR) is 62.5 cm³/mol. The molecule has 4 atom stereocenters. The van der Waals surface area contributed by atoms with Crippen LogP contribution in [0.4, 0.5) is 5.82 Å². The Morgan fingerprint density at radius 2 is 2.33 bits per heavy atom. The third kappa shape index (κ3) is 1.89. The van der Waals surface area contributed by atoms with Crippen LogP contribution in [0.15, 0.2) is 17.1 Å². The fourth-order valence-electron chi connectivity index (χ4n) is 2.05. The van der Waals surface area contributed by atoms with E-state index >= 15 is 0 Å². The number of ether oxygens (including phenoxy) is 1. The molecular formula is C10H16N4O4. The van der Waals surface area contributed by atoms with Gasteiger partial charge in [-0.05, 0) is 13.0 Å². The lowest BCUT2D eigenvalue weighted by Gasteiger charge is -2.28. The molecule has 8 heteroatoms. The summed E-state index contributed by atoms with van der Waals surface area (Å²) < 4.78 is 6.55. The molecule has 0 spiro atoms. The summed E-state index contributed by atoms with van der Waals surface area (Å²) in [4.78, 5) is 15.3. The molecular weight excluding hydrogens is 240 g/mol. The lowest BCUT2D eigenvalue weighted by Crippen LogP contribution is -2.53. The molecule has 0 saturated carbocycles. The zero-order valence-electron chi connectivity index (χ0n) is 9.85. The Morgan fingerprint density at radius 3 is 2.83 bits per heavy atom. The van der Waals surface area contributed by atoms with Crippen molar-refractivity contribution in [1.29, 1.82) is 0 Å². The molecule has 1 fully saturated rings. The summed E-state index contributed by atoms with van der Waals surface area (Å²) in [5, 5.41) is 19.0. The second-order valence-electron chi connectivity index (χ2n) is 4.56. The van der Waals surface area contributed by atoms with Gasteiger partial charge in [0.05, 0.1) is 12.1 Å². The first-order valence-electron chi connectivity index (χ1n) is 5.46. The van der Waals surface area contributed by atoms with Gasteiger partial charge in [0.1, 0.15) is 18.0 Å². The lowest BCUT2D eigenvalue weighted by molar-refractivity contribution is -0.0486. The van der Waals surface area contributed by atoms with Crippen LogP contribution in [-0.4, -0.2) is 44.1 Å². The van der Waals surface area contributed by atoms with Gasteiger partial charge in [-0.25, -0.2) is 4.79 Å². The molecule has 0 radical (unpaired) electrons. The standard InChI is InChI=1S/C10H16N4O4/c1-10(12)7(16)5(4-15)18-8(10)14-3-2-6(11)13-9(14)17/h2-3,5,7-8,15-16H,4,12H2,1H3,(H2,11,13,17)/t5-,7-,8?,10-/m1/s1. The molecule has 1 aliphatic rings. The van der Waals surface area contributed by atoms with Crippen LogP contribution in [0.3, 0.4) is 0 Å². The average Bonchev–Trinajstić information content (AvgIpc) is 2.52. The van der Waals surface area contributed by atoms with E-state index in [0.717, 1.165) is 4.57 Å². The van der Waals surface area contributed by atoms with Gasteiger partial charge < -0.3 is 26.4 Å². The number of aliphatic hydroxyl groups is 2. The fourth-order valence-corrected chi connectivity index (χ4v) is 2.05. The minimum Gasteiger partial charge on any atom is -0.394 e. The molecule has 1 aromatic heterocycles. The Hall–Kier alpha value is -1.48. The molecule has 6 N–H and O–H groups in total. The van der Waals surface area contributed by atoms with E-state index in [4.69, 9.17) is 21.3 Å². The van der Waals surface area contributed by atoms with Crippen molar-refractivity contribution in [2.24, 2.45) is 5.73 Å². The number of rotatable bonds is 2. The van der Waals surface area contributed by atoms with Crippen LogP contribution in [0, 0.1) is 0 Å². The van der Waals surface area contributed by atoms with Gasteiger partial charge in [0.15, 0.2) is 6.23 Å². The molecule has 1 aliphatic heterocycles. The van der Waals surface area contributed by atoms with Crippen molar-refractivity contribution in [2.45, 2.75) is 30.9 Å². The molecule has 0 amide bonds. The SMILES string of the molecule is C[C@]1(N)C(n2ccc(N)nc2=O)O[C@H](CO)[C@H]1O. The normalized spacial score (nSPS) is 35.9. The van der Waals surface area contributed by atoms with Crippen molar-refractivity contribution < 1.29 is 14.9 Å². The zero-order valence-corrected chi connectivity index (χ0v) is 9.85. The van der Waals surface area contributed by atoms with Gasteiger partial charge in [0, 0.05) is 6.20 Å². The maximum absolute atomic E-state index is 11.7. The first kappa shape index (κ1) is 13.0. The number of aromatic nitrogens is 2. The van der Waals surface area contributed by atoms with Crippen LogP contribution in [-0.2, 0) is 4.74 Å². The van der Waals surface area contributed by atoms with Gasteiger partial charge in [0.25, 0.3) is 0 Å². The Kier molecular flexibility index (Phi) is 3.11. The maximum Gasteiger partial charge on any atom is 0.351 e. The van der Waals surface area contributed by atoms with E-state index in [1.165, 1.54) is 12.3 Å². The molecule has 0 bridgehead atoms. The number of aliphatic hydroxyl groups excluding tert-OH is 2. The van der Waals surface area contributed by atoms with Crippen molar-refractivity contribution in [3.05, 3.63) is 22.7 Å². The minimum absolute atomic E-state index is 0.0900. The Bertz CT molecular complexity index is 501. The number of hydrogen-bond donors (Lipinski definition) is 4. The third-order valence-corrected chi connectivity index (χ3v) is 3.11. The highest BCUT2D eigenvalue weighted by atomic mass is 16.5. The summed E-state index contributed by atoms with van der Waals surface area (Å²) >= 11 is 0. The monoisotopic (exact) mass is 256 g/mol. The molecule has 0 aliphatic carbocycles. The van der Waals surface area contributed by atoms with Gasteiger partial charge in [0.2, 0.25) is 0 Å². The first-order chi connectivity index (χ1) is 8.37. The van der Waals surface area contributed by atoms with Crippen LogP contribution in [0.2, 0.25) is 0 Å². The van der Waals surface area contributed by atoms with Gasteiger partial charge in [-0.1, -0.05) is 0 Å². The highest BCUT2D eigenvalue weighted by Gasteiger charge is 2.51. The molecule has 0 aromatic carbocycles. The van der Waals surface area contributed by atoms with E-state index in [1.807, 2.05) is 0 Å². The van der Waals surface area contributed by atoms with E-state index in [0.29, 0.717) is 0 Å². The summed E-state index contributed by atoms with van der Waals surface area (Å²) in [6.07, 6.45) is -1.44. The number of hydrogen-bond acceptors (Lipinski definition) is 7. The van der Waals surface area contributed by atoms with E-state index < -0.39 is 29.7 Å². The number of nitrogens with two attached hydrogens (primary N) is 2. The summed E-state index contributed by atoms with van der Waals surface area (Å²) in [6, 6.07) is 1.43. The van der Waals surface area contributed by atoms with E-state index in [-0.39, 0.29) is 12.4 Å². The van der Waals surface area contributed by atoms with Gasteiger partial charge in [-0.2, -0.15) is 4.98 Å². The average molecular weight is 256 g/mol. The van der Waals surface area contributed by atoms with Crippen molar-refractivity contribution >= 4 is 5.82 Å². The smallest absolute Gasteiger partial charge is 0.351 e. The quantitative estimate of drug-likeness (QED) is 0.471. The maximum atomic E-state index is 11.7. The lowest BCUT2D eigenvalue weighted by atomic mass is 9.93. The molecule has 1 saturated heterocycles. The van der Waals surface area contributed by atoms with Crippen LogP contribution < -0.4 is 17.2 Å². The van der Waals surface area contributed by atoms with Crippen molar-refractivity contribution in [2.75, 3.05) is 12.3 Å². The van der Waals surface area contributed by atoms with E-state index in [1.54, 1.807) is 6.92 Å². The molecule has 18 heavy (non-hydrogen) atoms. The van der Waals surface area contributed by atoms with Crippen molar-refractivity contribution in [3.63, 3.8) is 0 Å². The fraction of sp³-hybridized carbons (Fsp3) is 0.600. The first-order valence-corrected chi connectivity index (χ1v) is 5.46. The zero-order chi connectivity index (χ0) is 13.5. The van der Waals surface area contributed by atoms with Crippen LogP contribution in [0.5, 0.6) is 0 Å². The Balaban J connectivity index is 2.42. The minimum atomic E-state index is -1.21. The summed E-state index contributed by atoms with van der Waals surface area (Å²) in [5.41, 5.74) is 9.52. The van der Waals surface area contributed by atoms with E-state index in [2.05, 4.69) is 4.98 Å². The van der Waals surface area contributed by atoms with Crippen molar-refractivity contribution in [1.82, 2.24) is 9.55 Å².